The molecule has 0 unspecified atom stereocenters. The molecule has 10 heteroatoms. The molecule has 5 N–H and O–H groups in total. The lowest BCUT2D eigenvalue weighted by atomic mass is 10.1. The van der Waals surface area contributed by atoms with E-state index in [2.05, 4.69) is 26.1 Å². The molecule has 29 heavy (non-hydrogen) atoms. The summed E-state index contributed by atoms with van der Waals surface area (Å²) in [6, 6.07) is 14.0. The number of nitrogen functional groups attached to an aromatic ring is 1. The van der Waals surface area contributed by atoms with E-state index in [1.54, 1.807) is 12.1 Å². The number of hydrogen-bond acceptors (Lipinski definition) is 6. The Morgan fingerprint density at radius 3 is 2.34 bits per heavy atom. The molecule has 1 heterocycles. The van der Waals surface area contributed by atoms with Gasteiger partial charge in [-0.3, -0.25) is 15.6 Å². The first-order chi connectivity index (χ1) is 13.8. The van der Waals surface area contributed by atoms with Crippen LogP contribution in [0.4, 0.5) is 36.2 Å². The number of benzene rings is 2. The Balaban J connectivity index is 1.71. The molecule has 150 valence electrons. The van der Waals surface area contributed by atoms with Gasteiger partial charge in [0.2, 0.25) is 5.91 Å². The van der Waals surface area contributed by atoms with Crippen molar-refractivity contribution < 1.29 is 18.0 Å². The number of para-hydroxylation sites is 1. The minimum atomic E-state index is -4.54. The highest BCUT2D eigenvalue weighted by molar-refractivity contribution is 5.82. The second-order valence-electron chi connectivity index (χ2n) is 5.99. The van der Waals surface area contributed by atoms with Crippen molar-refractivity contribution in [3.8, 4) is 0 Å². The predicted octanol–water partition coefficient (Wildman–Crippen LogP) is 3.51. The Bertz CT molecular complexity index is 995. The van der Waals surface area contributed by atoms with E-state index in [0.717, 1.165) is 18.0 Å². The quantitative estimate of drug-likeness (QED) is 0.471. The van der Waals surface area contributed by atoms with E-state index in [-0.39, 0.29) is 35.3 Å². The Hall–Kier alpha value is -3.82. The van der Waals surface area contributed by atoms with Gasteiger partial charge < -0.3 is 11.1 Å². The zero-order chi connectivity index (χ0) is 20.9. The topological polar surface area (TPSA) is 105 Å². The van der Waals surface area contributed by atoms with Gasteiger partial charge in [0.1, 0.15) is 12.0 Å². The minimum absolute atomic E-state index is 0.0310. The molecule has 2 aromatic carbocycles. The fourth-order valence-corrected chi connectivity index (χ4v) is 2.52. The van der Waals surface area contributed by atoms with Gasteiger partial charge in [-0.25, -0.2) is 9.97 Å². The number of carbonyl (C=O) groups is 1. The SMILES string of the molecule is Nc1c(NNC(=O)Cc2ccccc2)ncnc1Nc1ccccc1C(F)(F)F. The molecule has 0 spiro atoms. The second kappa shape index (κ2) is 8.46. The average molecular weight is 402 g/mol. The average Bonchev–Trinajstić information content (AvgIpc) is 2.69. The van der Waals surface area contributed by atoms with Crippen molar-refractivity contribution >= 4 is 28.9 Å². The Morgan fingerprint density at radius 1 is 0.966 bits per heavy atom. The molecule has 0 aliphatic carbocycles. The van der Waals surface area contributed by atoms with Gasteiger partial charge in [0.15, 0.2) is 11.6 Å². The Morgan fingerprint density at radius 2 is 1.62 bits per heavy atom. The maximum atomic E-state index is 13.2. The molecule has 0 bridgehead atoms. The van der Waals surface area contributed by atoms with Crippen molar-refractivity contribution in [1.82, 2.24) is 15.4 Å². The van der Waals surface area contributed by atoms with Gasteiger partial charge in [-0.2, -0.15) is 13.2 Å². The van der Waals surface area contributed by atoms with Gasteiger partial charge in [-0.15, -0.1) is 0 Å². The van der Waals surface area contributed by atoms with E-state index in [1.807, 2.05) is 18.2 Å². The number of aromatic nitrogens is 2. The number of amides is 1. The van der Waals surface area contributed by atoms with E-state index in [9.17, 15) is 18.0 Å². The van der Waals surface area contributed by atoms with E-state index in [4.69, 9.17) is 5.73 Å². The van der Waals surface area contributed by atoms with Crippen molar-refractivity contribution in [2.45, 2.75) is 12.6 Å². The van der Waals surface area contributed by atoms with E-state index >= 15 is 0 Å². The highest BCUT2D eigenvalue weighted by Gasteiger charge is 2.33. The zero-order valence-electron chi connectivity index (χ0n) is 15.0. The lowest BCUT2D eigenvalue weighted by Gasteiger charge is -2.16. The second-order valence-corrected chi connectivity index (χ2v) is 5.99. The first kappa shape index (κ1) is 19.9. The van der Waals surface area contributed by atoms with E-state index in [0.29, 0.717) is 0 Å². The van der Waals surface area contributed by atoms with Crippen molar-refractivity contribution in [3.05, 3.63) is 72.1 Å². The molecule has 0 saturated heterocycles. The van der Waals surface area contributed by atoms with Crippen LogP contribution in [0.5, 0.6) is 0 Å². The monoisotopic (exact) mass is 402 g/mol. The number of nitrogens with one attached hydrogen (secondary N) is 3. The summed E-state index contributed by atoms with van der Waals surface area (Å²) in [6.45, 7) is 0. The van der Waals surface area contributed by atoms with Crippen LogP contribution in [0.25, 0.3) is 0 Å². The van der Waals surface area contributed by atoms with Gasteiger partial charge >= 0.3 is 6.18 Å². The highest BCUT2D eigenvalue weighted by atomic mass is 19.4. The minimum Gasteiger partial charge on any atom is -0.393 e. The van der Waals surface area contributed by atoms with Crippen molar-refractivity contribution in [2.24, 2.45) is 0 Å². The fourth-order valence-electron chi connectivity index (χ4n) is 2.52. The molecular weight excluding hydrogens is 385 g/mol. The summed E-state index contributed by atoms with van der Waals surface area (Å²) < 4.78 is 39.5. The summed E-state index contributed by atoms with van der Waals surface area (Å²) in [5, 5.41) is 2.57. The van der Waals surface area contributed by atoms with Crippen molar-refractivity contribution in [1.29, 1.82) is 0 Å². The maximum absolute atomic E-state index is 13.2. The highest BCUT2D eigenvalue weighted by Crippen LogP contribution is 2.36. The molecule has 3 aromatic rings. The number of rotatable bonds is 6. The molecule has 0 atom stereocenters. The summed E-state index contributed by atoms with van der Waals surface area (Å²) in [5.41, 5.74) is 10.7. The van der Waals surface area contributed by atoms with Crippen LogP contribution in [0.2, 0.25) is 0 Å². The molecule has 1 amide bonds. The van der Waals surface area contributed by atoms with Crippen LogP contribution in [0.1, 0.15) is 11.1 Å². The van der Waals surface area contributed by atoms with Gasteiger partial charge in [0.05, 0.1) is 17.7 Å². The van der Waals surface area contributed by atoms with Gasteiger partial charge in [0.25, 0.3) is 0 Å². The molecule has 0 aliphatic heterocycles. The van der Waals surface area contributed by atoms with E-state index in [1.165, 1.54) is 18.2 Å². The molecule has 1 aromatic heterocycles. The Labute approximate surface area is 164 Å². The van der Waals surface area contributed by atoms with Crippen LogP contribution < -0.4 is 21.9 Å². The smallest absolute Gasteiger partial charge is 0.393 e. The van der Waals surface area contributed by atoms with Crippen LogP contribution >= 0.6 is 0 Å². The third-order valence-electron chi connectivity index (χ3n) is 3.90. The number of carbonyl (C=O) groups excluding carboxylic acids is 1. The maximum Gasteiger partial charge on any atom is 0.418 e. The zero-order valence-corrected chi connectivity index (χ0v) is 15.0. The molecule has 0 aliphatic rings. The Kier molecular flexibility index (Phi) is 5.82. The van der Waals surface area contributed by atoms with Crippen molar-refractivity contribution in [3.63, 3.8) is 0 Å². The van der Waals surface area contributed by atoms with Gasteiger partial charge in [0, 0.05) is 0 Å². The number of hydrazine groups is 1. The van der Waals surface area contributed by atoms with Crippen LogP contribution in [0.3, 0.4) is 0 Å². The number of nitrogens with zero attached hydrogens (tertiary/aromatic N) is 2. The number of nitrogens with two attached hydrogens (primary N) is 1. The number of anilines is 4. The third kappa shape index (κ3) is 5.12. The van der Waals surface area contributed by atoms with Gasteiger partial charge in [-0.1, -0.05) is 42.5 Å². The molecule has 7 nitrogen and oxygen atoms in total. The van der Waals surface area contributed by atoms with Gasteiger partial charge in [-0.05, 0) is 17.7 Å². The largest absolute Gasteiger partial charge is 0.418 e. The van der Waals surface area contributed by atoms with Crippen LogP contribution in [-0.2, 0) is 17.4 Å². The molecule has 3 rings (SSSR count). The lowest BCUT2D eigenvalue weighted by molar-refractivity contribution is -0.137. The predicted molar refractivity (Wildman–Crippen MR) is 103 cm³/mol. The molecule has 0 fully saturated rings. The standard InChI is InChI=1S/C19H17F3N6O/c20-19(21,22)13-8-4-5-9-14(13)26-17-16(23)18(25-11-24-17)28-27-15(29)10-12-6-2-1-3-7-12/h1-9,11H,10,23H2,(H,27,29)(H2,24,25,26,28). The summed E-state index contributed by atoms with van der Waals surface area (Å²) >= 11 is 0. The van der Waals surface area contributed by atoms with E-state index < -0.39 is 11.7 Å². The summed E-state index contributed by atoms with van der Waals surface area (Å²) in [4.78, 5) is 19.8. The normalized spacial score (nSPS) is 11.0. The van der Waals surface area contributed by atoms with Crippen LogP contribution in [-0.4, -0.2) is 15.9 Å². The third-order valence-corrected chi connectivity index (χ3v) is 3.90. The first-order valence-electron chi connectivity index (χ1n) is 8.47. The molecule has 0 radical (unpaired) electrons. The molecular formula is C19H17F3N6O. The number of hydrogen-bond donors (Lipinski definition) is 4. The first-order valence-corrected chi connectivity index (χ1v) is 8.47. The number of halogens is 3. The summed E-state index contributed by atoms with van der Waals surface area (Å²) in [6.07, 6.45) is -3.30. The summed E-state index contributed by atoms with van der Waals surface area (Å²) in [7, 11) is 0. The summed E-state index contributed by atoms with van der Waals surface area (Å²) in [5.74, 6) is -0.323. The molecule has 0 saturated carbocycles. The van der Waals surface area contributed by atoms with Crippen LogP contribution in [0.15, 0.2) is 60.9 Å². The number of alkyl halides is 3. The van der Waals surface area contributed by atoms with Crippen LogP contribution in [0, 0.1) is 0 Å². The lowest BCUT2D eigenvalue weighted by Crippen LogP contribution is -2.31. The van der Waals surface area contributed by atoms with Crippen molar-refractivity contribution in [2.75, 3.05) is 16.5 Å². The fraction of sp³-hybridized carbons (Fsp3) is 0.105.